The molecule has 0 aliphatic rings. The summed E-state index contributed by atoms with van der Waals surface area (Å²) in [5.41, 5.74) is 1.55. The SMILES string of the molecule is Cc1ccc(C(=O)O)c(-c2nnc(C)o2)c1. The van der Waals surface area contributed by atoms with Crippen LogP contribution in [0.4, 0.5) is 0 Å². The molecule has 82 valence electrons. The molecule has 0 saturated heterocycles. The van der Waals surface area contributed by atoms with Gasteiger partial charge in [-0.05, 0) is 19.1 Å². The molecule has 2 aromatic rings. The Morgan fingerprint density at radius 1 is 1.31 bits per heavy atom. The number of aromatic nitrogens is 2. The van der Waals surface area contributed by atoms with Gasteiger partial charge in [0.25, 0.3) is 0 Å². The van der Waals surface area contributed by atoms with Crippen LogP contribution >= 0.6 is 0 Å². The fourth-order valence-corrected chi connectivity index (χ4v) is 1.43. The highest BCUT2D eigenvalue weighted by Crippen LogP contribution is 2.23. The monoisotopic (exact) mass is 218 g/mol. The summed E-state index contributed by atoms with van der Waals surface area (Å²) in [5.74, 6) is -0.364. The van der Waals surface area contributed by atoms with Crippen molar-refractivity contribution in [3.63, 3.8) is 0 Å². The lowest BCUT2D eigenvalue weighted by atomic mass is 10.0. The van der Waals surface area contributed by atoms with Gasteiger partial charge in [-0.25, -0.2) is 4.79 Å². The molecule has 0 unspecified atom stereocenters. The zero-order valence-electron chi connectivity index (χ0n) is 8.89. The molecule has 0 bridgehead atoms. The second kappa shape index (κ2) is 3.77. The fourth-order valence-electron chi connectivity index (χ4n) is 1.43. The van der Waals surface area contributed by atoms with Crippen molar-refractivity contribution in [3.8, 4) is 11.5 Å². The average molecular weight is 218 g/mol. The first-order valence-corrected chi connectivity index (χ1v) is 4.72. The minimum atomic E-state index is -1.01. The lowest BCUT2D eigenvalue weighted by Gasteiger charge is -2.02. The molecule has 0 spiro atoms. The van der Waals surface area contributed by atoms with E-state index in [1.165, 1.54) is 6.07 Å². The molecule has 1 aromatic heterocycles. The van der Waals surface area contributed by atoms with Crippen molar-refractivity contribution in [2.45, 2.75) is 13.8 Å². The van der Waals surface area contributed by atoms with Crippen molar-refractivity contribution in [3.05, 3.63) is 35.2 Å². The van der Waals surface area contributed by atoms with E-state index < -0.39 is 5.97 Å². The Kier molecular flexibility index (Phi) is 2.44. The molecular weight excluding hydrogens is 208 g/mol. The Morgan fingerprint density at radius 2 is 2.06 bits per heavy atom. The van der Waals surface area contributed by atoms with E-state index in [4.69, 9.17) is 9.52 Å². The number of hydrogen-bond donors (Lipinski definition) is 1. The van der Waals surface area contributed by atoms with Gasteiger partial charge in [-0.3, -0.25) is 0 Å². The molecule has 0 saturated carbocycles. The van der Waals surface area contributed by atoms with Crippen molar-refractivity contribution in [2.75, 3.05) is 0 Å². The number of aromatic carboxylic acids is 1. The van der Waals surface area contributed by atoms with Crippen LogP contribution in [0.25, 0.3) is 11.5 Å². The van der Waals surface area contributed by atoms with E-state index in [9.17, 15) is 4.79 Å². The highest BCUT2D eigenvalue weighted by atomic mass is 16.4. The van der Waals surface area contributed by atoms with Gasteiger partial charge in [0.2, 0.25) is 11.8 Å². The van der Waals surface area contributed by atoms with Gasteiger partial charge in [0.1, 0.15) is 0 Å². The maximum absolute atomic E-state index is 11.0. The Balaban J connectivity index is 2.62. The van der Waals surface area contributed by atoms with E-state index in [2.05, 4.69) is 10.2 Å². The van der Waals surface area contributed by atoms with E-state index in [0.29, 0.717) is 11.5 Å². The summed E-state index contributed by atoms with van der Waals surface area (Å²) in [6.45, 7) is 3.53. The average Bonchev–Trinajstić information content (AvgIpc) is 2.64. The van der Waals surface area contributed by atoms with Crippen molar-refractivity contribution >= 4 is 5.97 Å². The number of rotatable bonds is 2. The van der Waals surface area contributed by atoms with Gasteiger partial charge in [-0.15, -0.1) is 10.2 Å². The van der Waals surface area contributed by atoms with Crippen LogP contribution in [0.3, 0.4) is 0 Å². The lowest BCUT2D eigenvalue weighted by Crippen LogP contribution is -2.00. The van der Waals surface area contributed by atoms with E-state index in [1.54, 1.807) is 19.1 Å². The topological polar surface area (TPSA) is 76.2 Å². The van der Waals surface area contributed by atoms with Crippen molar-refractivity contribution in [1.29, 1.82) is 0 Å². The number of benzene rings is 1. The Hall–Kier alpha value is -2.17. The molecule has 0 aliphatic carbocycles. The van der Waals surface area contributed by atoms with Gasteiger partial charge >= 0.3 is 5.97 Å². The van der Waals surface area contributed by atoms with E-state index in [0.717, 1.165) is 5.56 Å². The third kappa shape index (κ3) is 1.79. The summed E-state index contributed by atoms with van der Waals surface area (Å²) in [5, 5.41) is 16.5. The van der Waals surface area contributed by atoms with Crippen LogP contribution in [-0.2, 0) is 0 Å². The maximum Gasteiger partial charge on any atom is 0.336 e. The molecule has 16 heavy (non-hydrogen) atoms. The number of aryl methyl sites for hydroxylation is 2. The smallest absolute Gasteiger partial charge is 0.336 e. The van der Waals surface area contributed by atoms with Crippen LogP contribution in [0.15, 0.2) is 22.6 Å². The predicted octanol–water partition coefficient (Wildman–Crippen LogP) is 2.05. The number of carbonyl (C=O) groups is 1. The quantitative estimate of drug-likeness (QED) is 0.834. The molecule has 1 aromatic carbocycles. The molecule has 1 N–H and O–H groups in total. The summed E-state index contributed by atoms with van der Waals surface area (Å²) in [6.07, 6.45) is 0. The first kappa shape index (κ1) is 10.4. The lowest BCUT2D eigenvalue weighted by molar-refractivity contribution is 0.0697. The molecule has 1 heterocycles. The minimum absolute atomic E-state index is 0.161. The molecule has 5 heteroatoms. The molecule has 0 radical (unpaired) electrons. The first-order valence-electron chi connectivity index (χ1n) is 4.72. The van der Waals surface area contributed by atoms with Crippen LogP contribution in [0.2, 0.25) is 0 Å². The molecule has 0 fully saturated rings. The van der Waals surface area contributed by atoms with Gasteiger partial charge in [0, 0.05) is 6.92 Å². The van der Waals surface area contributed by atoms with E-state index >= 15 is 0 Å². The summed E-state index contributed by atoms with van der Waals surface area (Å²) in [4.78, 5) is 11.0. The number of carboxylic acid groups (broad SMARTS) is 1. The fraction of sp³-hybridized carbons (Fsp3) is 0.182. The standard InChI is InChI=1S/C11H10N2O3/c1-6-3-4-8(11(14)15)9(5-6)10-13-12-7(2)16-10/h3-5H,1-2H3,(H,14,15). The number of carboxylic acids is 1. The molecule has 0 amide bonds. The largest absolute Gasteiger partial charge is 0.478 e. The molecular formula is C11H10N2O3. The van der Waals surface area contributed by atoms with Gasteiger partial charge in [0.05, 0.1) is 11.1 Å². The van der Waals surface area contributed by atoms with Crippen molar-refractivity contribution in [2.24, 2.45) is 0 Å². The Labute approximate surface area is 91.7 Å². The number of nitrogens with zero attached hydrogens (tertiary/aromatic N) is 2. The Morgan fingerprint density at radius 3 is 2.62 bits per heavy atom. The zero-order chi connectivity index (χ0) is 11.7. The second-order valence-electron chi connectivity index (χ2n) is 3.48. The van der Waals surface area contributed by atoms with Gasteiger partial charge in [-0.1, -0.05) is 11.6 Å². The maximum atomic E-state index is 11.0. The number of hydrogen-bond acceptors (Lipinski definition) is 4. The van der Waals surface area contributed by atoms with Crippen LogP contribution in [-0.4, -0.2) is 21.3 Å². The second-order valence-corrected chi connectivity index (χ2v) is 3.48. The minimum Gasteiger partial charge on any atom is -0.478 e. The van der Waals surface area contributed by atoms with Crippen LogP contribution in [0, 0.1) is 13.8 Å². The third-order valence-electron chi connectivity index (χ3n) is 2.16. The van der Waals surface area contributed by atoms with Crippen molar-refractivity contribution < 1.29 is 14.3 Å². The molecule has 5 nitrogen and oxygen atoms in total. The molecule has 0 aliphatic heterocycles. The third-order valence-corrected chi connectivity index (χ3v) is 2.16. The van der Waals surface area contributed by atoms with Crippen LogP contribution < -0.4 is 0 Å². The first-order chi connectivity index (χ1) is 7.58. The zero-order valence-corrected chi connectivity index (χ0v) is 8.89. The van der Waals surface area contributed by atoms with Crippen LogP contribution in [0.5, 0.6) is 0 Å². The van der Waals surface area contributed by atoms with E-state index in [1.807, 2.05) is 6.92 Å². The summed E-state index contributed by atoms with van der Waals surface area (Å²) in [6, 6.07) is 4.99. The molecule has 0 atom stereocenters. The Bertz CT molecular complexity index is 546. The summed E-state index contributed by atoms with van der Waals surface area (Å²) < 4.78 is 5.23. The van der Waals surface area contributed by atoms with Crippen LogP contribution in [0.1, 0.15) is 21.8 Å². The molecule has 2 rings (SSSR count). The van der Waals surface area contributed by atoms with Gasteiger partial charge in [0.15, 0.2) is 0 Å². The highest BCUT2D eigenvalue weighted by molar-refractivity contribution is 5.94. The predicted molar refractivity (Wildman–Crippen MR) is 56.2 cm³/mol. The highest BCUT2D eigenvalue weighted by Gasteiger charge is 2.16. The van der Waals surface area contributed by atoms with Gasteiger partial charge < -0.3 is 9.52 Å². The summed E-state index contributed by atoms with van der Waals surface area (Å²) >= 11 is 0. The van der Waals surface area contributed by atoms with Gasteiger partial charge in [-0.2, -0.15) is 0 Å². The normalized spacial score (nSPS) is 10.4. The summed E-state index contributed by atoms with van der Waals surface area (Å²) in [7, 11) is 0. The van der Waals surface area contributed by atoms with Crippen molar-refractivity contribution in [1.82, 2.24) is 10.2 Å². The van der Waals surface area contributed by atoms with E-state index in [-0.39, 0.29) is 11.5 Å².